The number of nitrogens with zero attached hydrogens (tertiary/aromatic N) is 4. The van der Waals surface area contributed by atoms with E-state index in [-0.39, 0.29) is 23.6 Å². The van der Waals surface area contributed by atoms with Crippen LogP contribution in [0.1, 0.15) is 61.5 Å². The van der Waals surface area contributed by atoms with Crippen LogP contribution in [0.5, 0.6) is 0 Å². The Hall–Kier alpha value is -3.24. The highest BCUT2D eigenvalue weighted by Crippen LogP contribution is 2.27. The number of aromatic nitrogens is 2. The lowest BCUT2D eigenvalue weighted by Crippen LogP contribution is -2.52. The van der Waals surface area contributed by atoms with Crippen LogP contribution in [0.2, 0.25) is 0 Å². The summed E-state index contributed by atoms with van der Waals surface area (Å²) in [5, 5.41) is 10.2. The summed E-state index contributed by atoms with van der Waals surface area (Å²) in [6, 6.07) is 7.90. The summed E-state index contributed by atoms with van der Waals surface area (Å²) in [6.45, 7) is 5.63. The Kier molecular flexibility index (Phi) is 10.1. The second-order valence-electron chi connectivity index (χ2n) is 10.9. The zero-order valence-electron chi connectivity index (χ0n) is 23.3. The maximum atomic E-state index is 13.5. The average Bonchev–Trinajstić information content (AvgIpc) is 3.27. The SMILES string of the molecule is CCn1nccc1C(=O)NC(C(=O)Nc1ccc(CC(N)C(=O)N2CCN(C)CC2)cc1)C1CCCCCC1. The summed E-state index contributed by atoms with van der Waals surface area (Å²) in [4.78, 5) is 43.4. The van der Waals surface area contributed by atoms with Crippen LogP contribution in [0.3, 0.4) is 0 Å². The van der Waals surface area contributed by atoms with Crippen LogP contribution in [0, 0.1) is 5.92 Å². The lowest BCUT2D eigenvalue weighted by molar-refractivity contribution is -0.134. The van der Waals surface area contributed by atoms with Crippen LogP contribution < -0.4 is 16.4 Å². The minimum absolute atomic E-state index is 0.0214. The molecule has 212 valence electrons. The summed E-state index contributed by atoms with van der Waals surface area (Å²) in [5.41, 5.74) is 8.29. The molecule has 2 heterocycles. The van der Waals surface area contributed by atoms with E-state index in [9.17, 15) is 14.4 Å². The van der Waals surface area contributed by atoms with Gasteiger partial charge in [0.25, 0.3) is 5.91 Å². The molecule has 4 N–H and O–H groups in total. The quantitative estimate of drug-likeness (QED) is 0.422. The Morgan fingerprint density at radius 3 is 2.31 bits per heavy atom. The van der Waals surface area contributed by atoms with Gasteiger partial charge in [-0.15, -0.1) is 0 Å². The van der Waals surface area contributed by atoms with Gasteiger partial charge in [-0.25, -0.2) is 0 Å². The molecule has 2 aromatic rings. The van der Waals surface area contributed by atoms with Gasteiger partial charge >= 0.3 is 0 Å². The molecule has 1 aromatic heterocycles. The van der Waals surface area contributed by atoms with Crippen molar-refractivity contribution in [3.05, 3.63) is 47.8 Å². The molecular formula is C29H43N7O3. The molecule has 0 spiro atoms. The number of rotatable bonds is 9. The largest absolute Gasteiger partial charge is 0.339 e. The summed E-state index contributed by atoms with van der Waals surface area (Å²) in [7, 11) is 2.05. The summed E-state index contributed by atoms with van der Waals surface area (Å²) >= 11 is 0. The Morgan fingerprint density at radius 1 is 1.00 bits per heavy atom. The minimum Gasteiger partial charge on any atom is -0.339 e. The second-order valence-corrected chi connectivity index (χ2v) is 10.9. The maximum Gasteiger partial charge on any atom is 0.270 e. The van der Waals surface area contributed by atoms with Crippen LogP contribution in [0.25, 0.3) is 0 Å². The molecule has 1 aliphatic carbocycles. The molecule has 2 unspecified atom stereocenters. The lowest BCUT2D eigenvalue weighted by atomic mass is 9.91. The van der Waals surface area contributed by atoms with Gasteiger partial charge in [-0.3, -0.25) is 19.1 Å². The molecule has 1 aliphatic heterocycles. The molecule has 0 radical (unpaired) electrons. The van der Waals surface area contributed by atoms with Crippen LogP contribution in [-0.2, 0) is 22.6 Å². The predicted molar refractivity (Wildman–Crippen MR) is 151 cm³/mol. The van der Waals surface area contributed by atoms with Crippen molar-refractivity contribution in [1.82, 2.24) is 24.9 Å². The predicted octanol–water partition coefficient (Wildman–Crippen LogP) is 2.25. The first-order valence-electron chi connectivity index (χ1n) is 14.3. The number of nitrogens with one attached hydrogen (secondary N) is 2. The smallest absolute Gasteiger partial charge is 0.270 e. The Bertz CT molecular complexity index is 1100. The highest BCUT2D eigenvalue weighted by molar-refractivity contribution is 6.00. The van der Waals surface area contributed by atoms with Crippen molar-refractivity contribution < 1.29 is 14.4 Å². The minimum atomic E-state index is -0.634. The number of amides is 3. The van der Waals surface area contributed by atoms with Crippen molar-refractivity contribution in [2.45, 2.75) is 70.5 Å². The van der Waals surface area contributed by atoms with E-state index in [1.165, 1.54) is 0 Å². The lowest BCUT2D eigenvalue weighted by Gasteiger charge is -2.33. The molecule has 1 saturated carbocycles. The molecule has 3 amide bonds. The van der Waals surface area contributed by atoms with Gasteiger partial charge in [0.15, 0.2) is 0 Å². The van der Waals surface area contributed by atoms with Gasteiger partial charge in [0.2, 0.25) is 11.8 Å². The van der Waals surface area contributed by atoms with Gasteiger partial charge in [-0.05, 0) is 62.9 Å². The fourth-order valence-corrected chi connectivity index (χ4v) is 5.58. The standard InChI is InChI=1S/C29H43N7O3/c1-3-36-25(14-15-31-36)27(37)33-26(22-8-6-4-5-7-9-22)28(38)32-23-12-10-21(11-13-23)20-24(30)29(39)35-18-16-34(2)17-19-35/h10-15,22,24,26H,3-9,16-20,30H2,1-2H3,(H,32,38)(H,33,37). The second kappa shape index (κ2) is 13.7. The third-order valence-corrected chi connectivity index (χ3v) is 8.00. The summed E-state index contributed by atoms with van der Waals surface area (Å²) in [5.74, 6) is -0.445. The number of likely N-dealkylation sites (N-methyl/N-ethyl adjacent to an activating group) is 1. The Labute approximate surface area is 231 Å². The molecule has 2 fully saturated rings. The number of hydrogen-bond donors (Lipinski definition) is 3. The number of nitrogens with two attached hydrogens (primary N) is 1. The van der Waals surface area contributed by atoms with Crippen molar-refractivity contribution in [3.63, 3.8) is 0 Å². The van der Waals surface area contributed by atoms with Crippen molar-refractivity contribution in [2.24, 2.45) is 11.7 Å². The van der Waals surface area contributed by atoms with Crippen molar-refractivity contribution in [2.75, 3.05) is 38.5 Å². The van der Waals surface area contributed by atoms with Gasteiger partial charge in [0.05, 0.1) is 6.04 Å². The molecule has 2 aliphatic rings. The maximum absolute atomic E-state index is 13.5. The summed E-state index contributed by atoms with van der Waals surface area (Å²) < 4.78 is 1.63. The van der Waals surface area contributed by atoms with E-state index >= 15 is 0 Å². The molecule has 1 saturated heterocycles. The average molecular weight is 538 g/mol. The number of carbonyl (C=O) groups is 3. The van der Waals surface area contributed by atoms with Gasteiger partial charge < -0.3 is 26.2 Å². The number of piperazine rings is 1. The van der Waals surface area contributed by atoms with E-state index in [0.717, 1.165) is 57.2 Å². The number of anilines is 1. The molecule has 10 heteroatoms. The van der Waals surface area contributed by atoms with E-state index in [1.807, 2.05) is 36.1 Å². The number of aryl methyl sites for hydroxylation is 1. The van der Waals surface area contributed by atoms with Gasteiger partial charge in [-0.1, -0.05) is 37.8 Å². The van der Waals surface area contributed by atoms with E-state index in [2.05, 4.69) is 27.7 Å². The fourth-order valence-electron chi connectivity index (χ4n) is 5.58. The Balaban J connectivity index is 1.39. The first-order chi connectivity index (χ1) is 18.9. The Morgan fingerprint density at radius 2 is 1.67 bits per heavy atom. The highest BCUT2D eigenvalue weighted by Gasteiger charge is 2.31. The molecule has 10 nitrogen and oxygen atoms in total. The van der Waals surface area contributed by atoms with Crippen molar-refractivity contribution in [3.8, 4) is 0 Å². The molecule has 2 atom stereocenters. The molecular weight excluding hydrogens is 494 g/mol. The van der Waals surface area contributed by atoms with Crippen LogP contribution in [0.15, 0.2) is 36.5 Å². The first kappa shape index (κ1) is 28.8. The fraction of sp³-hybridized carbons (Fsp3) is 0.586. The van der Waals surface area contributed by atoms with Crippen LogP contribution >= 0.6 is 0 Å². The molecule has 4 rings (SSSR count). The van der Waals surface area contributed by atoms with E-state index in [4.69, 9.17) is 5.73 Å². The van der Waals surface area contributed by atoms with Gasteiger partial charge in [0, 0.05) is 44.6 Å². The molecule has 1 aromatic carbocycles. The van der Waals surface area contributed by atoms with Crippen molar-refractivity contribution >= 4 is 23.4 Å². The number of hydrogen-bond acceptors (Lipinski definition) is 6. The molecule has 39 heavy (non-hydrogen) atoms. The highest BCUT2D eigenvalue weighted by atomic mass is 16.2. The summed E-state index contributed by atoms with van der Waals surface area (Å²) in [6.07, 6.45) is 8.27. The van der Waals surface area contributed by atoms with Gasteiger partial charge in [-0.2, -0.15) is 5.10 Å². The normalized spacial score (nSPS) is 18.7. The molecule has 0 bridgehead atoms. The number of carbonyl (C=O) groups excluding carboxylic acids is 3. The van der Waals surface area contributed by atoms with E-state index in [0.29, 0.717) is 37.4 Å². The monoisotopic (exact) mass is 537 g/mol. The zero-order valence-corrected chi connectivity index (χ0v) is 23.3. The van der Waals surface area contributed by atoms with Crippen LogP contribution in [0.4, 0.5) is 5.69 Å². The van der Waals surface area contributed by atoms with Crippen LogP contribution in [-0.4, -0.2) is 82.6 Å². The first-order valence-corrected chi connectivity index (χ1v) is 14.3. The van der Waals surface area contributed by atoms with E-state index in [1.54, 1.807) is 16.9 Å². The van der Waals surface area contributed by atoms with Crippen molar-refractivity contribution in [1.29, 1.82) is 0 Å². The number of benzene rings is 1. The van der Waals surface area contributed by atoms with E-state index < -0.39 is 12.1 Å². The topological polar surface area (TPSA) is 126 Å². The third kappa shape index (κ3) is 7.67. The van der Waals surface area contributed by atoms with Gasteiger partial charge in [0.1, 0.15) is 11.7 Å². The third-order valence-electron chi connectivity index (χ3n) is 8.00. The zero-order chi connectivity index (χ0) is 27.8.